The molecule has 2 N–H and O–H groups in total. The molecule has 1 atom stereocenters. The van der Waals surface area contributed by atoms with Gasteiger partial charge in [-0.25, -0.2) is 0 Å². The first kappa shape index (κ1) is 11.2. The Morgan fingerprint density at radius 2 is 2.00 bits per heavy atom. The van der Waals surface area contributed by atoms with Crippen molar-refractivity contribution in [1.82, 2.24) is 0 Å². The van der Waals surface area contributed by atoms with Crippen molar-refractivity contribution >= 4 is 0 Å². The van der Waals surface area contributed by atoms with Gasteiger partial charge < -0.3 is 10.5 Å². The van der Waals surface area contributed by atoms with E-state index in [9.17, 15) is 0 Å². The van der Waals surface area contributed by atoms with Crippen LogP contribution in [0.25, 0.3) is 0 Å². The highest BCUT2D eigenvalue weighted by Gasteiger charge is 2.04. The molecule has 0 bridgehead atoms. The van der Waals surface area contributed by atoms with Crippen LogP contribution in [0.1, 0.15) is 25.3 Å². The second kappa shape index (κ2) is 6.57. The first-order valence-electron chi connectivity index (χ1n) is 5.22. The Morgan fingerprint density at radius 3 is 2.57 bits per heavy atom. The molecule has 1 aromatic rings. The molecule has 0 heterocycles. The Morgan fingerprint density at radius 1 is 1.29 bits per heavy atom. The van der Waals surface area contributed by atoms with E-state index in [-0.39, 0.29) is 6.10 Å². The number of rotatable bonds is 6. The summed E-state index contributed by atoms with van der Waals surface area (Å²) in [5.74, 6) is 0. The number of benzene rings is 1. The van der Waals surface area contributed by atoms with E-state index in [4.69, 9.17) is 10.5 Å². The standard InChI is InChI=1S/C12H19NO/c1-2-6-12(9-13)14-10-11-7-4-3-5-8-11/h3-5,7-8,12H,2,6,9-10,13H2,1H3. The van der Waals surface area contributed by atoms with Gasteiger partial charge in [0.1, 0.15) is 0 Å². The molecule has 0 saturated heterocycles. The second-order valence-corrected chi connectivity index (χ2v) is 3.44. The number of ether oxygens (including phenoxy) is 1. The Balaban J connectivity index is 2.32. The lowest BCUT2D eigenvalue weighted by Gasteiger charge is -2.14. The first-order valence-corrected chi connectivity index (χ1v) is 5.22. The van der Waals surface area contributed by atoms with Gasteiger partial charge in [-0.05, 0) is 12.0 Å². The Labute approximate surface area is 86.1 Å². The quantitative estimate of drug-likeness (QED) is 0.752. The Hall–Kier alpha value is -0.860. The fourth-order valence-electron chi connectivity index (χ4n) is 1.38. The fraction of sp³-hybridized carbons (Fsp3) is 0.500. The summed E-state index contributed by atoms with van der Waals surface area (Å²) in [5.41, 5.74) is 6.81. The van der Waals surface area contributed by atoms with Gasteiger partial charge in [-0.2, -0.15) is 0 Å². The van der Waals surface area contributed by atoms with Crippen molar-refractivity contribution in [3.8, 4) is 0 Å². The van der Waals surface area contributed by atoms with Gasteiger partial charge in [-0.3, -0.25) is 0 Å². The summed E-state index contributed by atoms with van der Waals surface area (Å²) >= 11 is 0. The highest BCUT2D eigenvalue weighted by atomic mass is 16.5. The van der Waals surface area contributed by atoms with Gasteiger partial charge in [0.25, 0.3) is 0 Å². The monoisotopic (exact) mass is 193 g/mol. The van der Waals surface area contributed by atoms with Crippen LogP contribution >= 0.6 is 0 Å². The molecule has 0 aliphatic heterocycles. The smallest absolute Gasteiger partial charge is 0.0721 e. The summed E-state index contributed by atoms with van der Waals surface area (Å²) in [6, 6.07) is 10.2. The molecule has 78 valence electrons. The molecule has 0 saturated carbocycles. The highest BCUT2D eigenvalue weighted by Crippen LogP contribution is 2.06. The molecule has 0 aliphatic rings. The molecule has 0 aliphatic carbocycles. The van der Waals surface area contributed by atoms with Crippen LogP contribution in [-0.2, 0) is 11.3 Å². The lowest BCUT2D eigenvalue weighted by Crippen LogP contribution is -2.23. The third-order valence-corrected chi connectivity index (χ3v) is 2.20. The lowest BCUT2D eigenvalue weighted by atomic mass is 10.2. The van der Waals surface area contributed by atoms with Crippen LogP contribution in [0.4, 0.5) is 0 Å². The van der Waals surface area contributed by atoms with Crippen LogP contribution in [0.5, 0.6) is 0 Å². The van der Waals surface area contributed by atoms with Crippen molar-refractivity contribution in [2.45, 2.75) is 32.5 Å². The third-order valence-electron chi connectivity index (χ3n) is 2.20. The Bertz CT molecular complexity index is 235. The number of nitrogens with two attached hydrogens (primary N) is 1. The molecule has 1 unspecified atom stereocenters. The zero-order valence-corrected chi connectivity index (χ0v) is 8.78. The SMILES string of the molecule is CCCC(CN)OCc1ccccc1. The van der Waals surface area contributed by atoms with E-state index >= 15 is 0 Å². The maximum Gasteiger partial charge on any atom is 0.0721 e. The van der Waals surface area contributed by atoms with Gasteiger partial charge >= 0.3 is 0 Å². The molecule has 2 heteroatoms. The van der Waals surface area contributed by atoms with Crippen LogP contribution in [0.2, 0.25) is 0 Å². The molecule has 0 radical (unpaired) electrons. The van der Waals surface area contributed by atoms with Crippen molar-refractivity contribution in [2.24, 2.45) is 5.73 Å². The van der Waals surface area contributed by atoms with E-state index in [1.54, 1.807) is 0 Å². The predicted molar refractivity (Wildman–Crippen MR) is 59.0 cm³/mol. The molecule has 2 nitrogen and oxygen atoms in total. The summed E-state index contributed by atoms with van der Waals surface area (Å²) in [4.78, 5) is 0. The second-order valence-electron chi connectivity index (χ2n) is 3.44. The van der Waals surface area contributed by atoms with Gasteiger partial charge in [0, 0.05) is 6.54 Å². The van der Waals surface area contributed by atoms with Gasteiger partial charge in [0.2, 0.25) is 0 Å². The highest BCUT2D eigenvalue weighted by molar-refractivity contribution is 5.13. The zero-order chi connectivity index (χ0) is 10.2. The van der Waals surface area contributed by atoms with Crippen LogP contribution in [0.15, 0.2) is 30.3 Å². The van der Waals surface area contributed by atoms with Crippen molar-refractivity contribution < 1.29 is 4.74 Å². The molecule has 0 aromatic heterocycles. The molecular weight excluding hydrogens is 174 g/mol. The maximum atomic E-state index is 5.69. The summed E-state index contributed by atoms with van der Waals surface area (Å²) in [5, 5.41) is 0. The van der Waals surface area contributed by atoms with Crippen molar-refractivity contribution in [1.29, 1.82) is 0 Å². The average Bonchev–Trinajstić information content (AvgIpc) is 2.25. The summed E-state index contributed by atoms with van der Waals surface area (Å²) < 4.78 is 5.69. The predicted octanol–water partition coefficient (Wildman–Crippen LogP) is 2.33. The molecule has 1 rings (SSSR count). The van der Waals surface area contributed by atoms with Crippen LogP contribution in [-0.4, -0.2) is 12.6 Å². The molecular formula is C12H19NO. The average molecular weight is 193 g/mol. The first-order chi connectivity index (χ1) is 6.86. The molecule has 1 aromatic carbocycles. The topological polar surface area (TPSA) is 35.2 Å². The van der Waals surface area contributed by atoms with E-state index < -0.39 is 0 Å². The third kappa shape index (κ3) is 3.90. The summed E-state index contributed by atoms with van der Waals surface area (Å²) in [6.45, 7) is 3.43. The fourth-order valence-corrected chi connectivity index (χ4v) is 1.38. The van der Waals surface area contributed by atoms with E-state index in [0.717, 1.165) is 12.8 Å². The maximum absolute atomic E-state index is 5.69. The largest absolute Gasteiger partial charge is 0.372 e. The van der Waals surface area contributed by atoms with Crippen LogP contribution in [0, 0.1) is 0 Å². The molecule has 14 heavy (non-hydrogen) atoms. The van der Waals surface area contributed by atoms with E-state index in [1.807, 2.05) is 18.2 Å². The molecule has 0 amide bonds. The van der Waals surface area contributed by atoms with Crippen LogP contribution in [0.3, 0.4) is 0 Å². The van der Waals surface area contributed by atoms with E-state index in [0.29, 0.717) is 13.2 Å². The van der Waals surface area contributed by atoms with Gasteiger partial charge in [-0.15, -0.1) is 0 Å². The lowest BCUT2D eigenvalue weighted by molar-refractivity contribution is 0.0404. The van der Waals surface area contributed by atoms with E-state index in [2.05, 4.69) is 19.1 Å². The van der Waals surface area contributed by atoms with E-state index in [1.165, 1.54) is 5.56 Å². The van der Waals surface area contributed by atoms with Gasteiger partial charge in [0.15, 0.2) is 0 Å². The Kier molecular flexibility index (Phi) is 5.27. The van der Waals surface area contributed by atoms with Gasteiger partial charge in [0.05, 0.1) is 12.7 Å². The number of hydrogen-bond acceptors (Lipinski definition) is 2. The van der Waals surface area contributed by atoms with Crippen molar-refractivity contribution in [2.75, 3.05) is 6.54 Å². The van der Waals surface area contributed by atoms with Gasteiger partial charge in [-0.1, -0.05) is 43.7 Å². The molecule has 0 spiro atoms. The minimum Gasteiger partial charge on any atom is -0.372 e. The minimum atomic E-state index is 0.209. The summed E-state index contributed by atoms with van der Waals surface area (Å²) in [7, 11) is 0. The summed E-state index contributed by atoms with van der Waals surface area (Å²) in [6.07, 6.45) is 2.38. The van der Waals surface area contributed by atoms with Crippen molar-refractivity contribution in [3.05, 3.63) is 35.9 Å². The normalized spacial score (nSPS) is 12.7. The number of hydrogen-bond donors (Lipinski definition) is 1. The zero-order valence-electron chi connectivity index (χ0n) is 8.78. The molecule has 0 fully saturated rings. The van der Waals surface area contributed by atoms with Crippen molar-refractivity contribution in [3.63, 3.8) is 0 Å². The van der Waals surface area contributed by atoms with Crippen LogP contribution < -0.4 is 5.73 Å². The minimum absolute atomic E-state index is 0.209.